The molecule has 27 heavy (non-hydrogen) atoms. The van der Waals surface area contributed by atoms with Gasteiger partial charge in [-0.25, -0.2) is 4.98 Å². The number of hydrogen-bond acceptors (Lipinski definition) is 5. The molecule has 1 aromatic carbocycles. The van der Waals surface area contributed by atoms with Crippen LogP contribution in [0.3, 0.4) is 0 Å². The van der Waals surface area contributed by atoms with Crippen LogP contribution in [0.15, 0.2) is 42.9 Å². The van der Waals surface area contributed by atoms with Crippen molar-refractivity contribution in [1.29, 1.82) is 0 Å². The van der Waals surface area contributed by atoms with Crippen LogP contribution in [-0.2, 0) is 9.53 Å². The molecule has 3 rings (SSSR count). The smallest absolute Gasteiger partial charge is 0.312 e. The van der Waals surface area contributed by atoms with Crippen LogP contribution in [0.1, 0.15) is 48.3 Å². The summed E-state index contributed by atoms with van der Waals surface area (Å²) in [6.07, 6.45) is 4.70. The Hall–Kier alpha value is -2.47. The highest BCUT2D eigenvalue weighted by Gasteiger charge is 2.44. The number of benzene rings is 1. The number of rotatable bonds is 6. The standard InChI is InChI=1S/C21H27N3O3/c1-16(17-7-5-4-6-8-17)24-15-22-14-18(24)19(25)13-21(20(26)27-3)9-11-23(2)12-10-21/h4-8,14-16H,9-13H2,1-3H3/t16-/m1/s1. The van der Waals surface area contributed by atoms with Gasteiger partial charge in [-0.1, -0.05) is 30.3 Å². The van der Waals surface area contributed by atoms with Crippen molar-refractivity contribution in [2.24, 2.45) is 5.41 Å². The fraction of sp³-hybridized carbons (Fsp3) is 0.476. The molecule has 1 aliphatic heterocycles. The van der Waals surface area contributed by atoms with Crippen LogP contribution in [0.4, 0.5) is 0 Å². The van der Waals surface area contributed by atoms with E-state index in [4.69, 9.17) is 4.74 Å². The Kier molecular flexibility index (Phi) is 5.75. The Morgan fingerprint density at radius 3 is 2.52 bits per heavy atom. The molecule has 1 aliphatic rings. The number of aromatic nitrogens is 2. The summed E-state index contributed by atoms with van der Waals surface area (Å²) in [4.78, 5) is 32.1. The second kappa shape index (κ2) is 8.05. The number of ketones is 1. The maximum atomic E-state index is 13.2. The lowest BCUT2D eigenvalue weighted by Gasteiger charge is -2.37. The Balaban J connectivity index is 1.84. The predicted molar refractivity (Wildman–Crippen MR) is 103 cm³/mol. The molecule has 144 valence electrons. The third kappa shape index (κ3) is 3.95. The number of methoxy groups -OCH3 is 1. The highest BCUT2D eigenvalue weighted by molar-refractivity contribution is 5.97. The Morgan fingerprint density at radius 1 is 1.22 bits per heavy atom. The zero-order chi connectivity index (χ0) is 19.4. The molecule has 0 radical (unpaired) electrons. The molecule has 1 saturated heterocycles. The quantitative estimate of drug-likeness (QED) is 0.579. The Bertz CT molecular complexity index is 792. The molecule has 2 aromatic rings. The lowest BCUT2D eigenvalue weighted by molar-refractivity contribution is -0.155. The Morgan fingerprint density at radius 2 is 1.89 bits per heavy atom. The van der Waals surface area contributed by atoms with Crippen LogP contribution in [0.25, 0.3) is 0 Å². The summed E-state index contributed by atoms with van der Waals surface area (Å²) in [5.74, 6) is -0.351. The van der Waals surface area contributed by atoms with E-state index in [2.05, 4.69) is 9.88 Å². The van der Waals surface area contributed by atoms with Crippen LogP contribution in [0.2, 0.25) is 0 Å². The van der Waals surface area contributed by atoms with Gasteiger partial charge >= 0.3 is 5.97 Å². The normalized spacial score (nSPS) is 18.0. The summed E-state index contributed by atoms with van der Waals surface area (Å²) in [6.45, 7) is 3.60. The lowest BCUT2D eigenvalue weighted by Crippen LogP contribution is -2.45. The first-order valence-corrected chi connectivity index (χ1v) is 9.34. The van der Waals surface area contributed by atoms with Crippen molar-refractivity contribution in [3.8, 4) is 0 Å². The van der Waals surface area contributed by atoms with E-state index in [0.717, 1.165) is 18.7 Å². The number of carbonyl (C=O) groups excluding carboxylic acids is 2. The average Bonchev–Trinajstić information content (AvgIpc) is 3.19. The van der Waals surface area contributed by atoms with Gasteiger partial charge in [-0.05, 0) is 45.5 Å². The number of piperidine rings is 1. The molecule has 1 fully saturated rings. The van der Waals surface area contributed by atoms with E-state index < -0.39 is 5.41 Å². The summed E-state index contributed by atoms with van der Waals surface area (Å²) in [7, 11) is 3.42. The van der Waals surface area contributed by atoms with E-state index in [1.54, 1.807) is 12.5 Å². The molecule has 0 aliphatic carbocycles. The molecule has 0 N–H and O–H groups in total. The summed E-state index contributed by atoms with van der Waals surface area (Å²) in [5.41, 5.74) is 0.892. The average molecular weight is 369 g/mol. The predicted octanol–water partition coefficient (Wildman–Crippen LogP) is 2.95. The summed E-state index contributed by atoms with van der Waals surface area (Å²) in [5, 5.41) is 0. The second-order valence-corrected chi connectivity index (χ2v) is 7.45. The molecular formula is C21H27N3O3. The van der Waals surface area contributed by atoms with Gasteiger partial charge in [0.05, 0.1) is 31.1 Å². The van der Waals surface area contributed by atoms with Crippen LogP contribution in [-0.4, -0.2) is 53.5 Å². The second-order valence-electron chi connectivity index (χ2n) is 7.45. The summed E-state index contributed by atoms with van der Waals surface area (Å²) in [6, 6.07) is 9.98. The zero-order valence-corrected chi connectivity index (χ0v) is 16.2. The molecule has 1 aromatic heterocycles. The van der Waals surface area contributed by atoms with Gasteiger partial charge in [0.1, 0.15) is 5.69 Å². The molecule has 0 bridgehead atoms. The van der Waals surface area contributed by atoms with E-state index in [0.29, 0.717) is 18.5 Å². The SMILES string of the molecule is COC(=O)C1(CC(=O)c2cncn2[C@H](C)c2ccccc2)CCN(C)CC1. The van der Waals surface area contributed by atoms with E-state index in [-0.39, 0.29) is 24.2 Å². The third-order valence-corrected chi connectivity index (χ3v) is 5.71. The number of Topliss-reactive ketones (excluding diaryl/α,β-unsaturated/α-hetero) is 1. The third-order valence-electron chi connectivity index (χ3n) is 5.71. The number of imidazole rings is 1. The number of ether oxygens (including phenoxy) is 1. The van der Waals surface area contributed by atoms with Crippen molar-refractivity contribution in [2.45, 2.75) is 32.2 Å². The minimum atomic E-state index is -0.747. The molecule has 0 unspecified atom stereocenters. The van der Waals surface area contributed by atoms with Gasteiger partial charge in [-0.3, -0.25) is 9.59 Å². The molecule has 1 atom stereocenters. The van der Waals surface area contributed by atoms with Crippen LogP contribution >= 0.6 is 0 Å². The molecule has 0 amide bonds. The molecule has 6 nitrogen and oxygen atoms in total. The number of esters is 1. The van der Waals surface area contributed by atoms with Crippen molar-refractivity contribution in [3.63, 3.8) is 0 Å². The fourth-order valence-corrected chi connectivity index (χ4v) is 3.84. The van der Waals surface area contributed by atoms with Crippen LogP contribution in [0, 0.1) is 5.41 Å². The van der Waals surface area contributed by atoms with Crippen LogP contribution in [0.5, 0.6) is 0 Å². The van der Waals surface area contributed by atoms with E-state index in [1.807, 2.05) is 48.9 Å². The first-order chi connectivity index (χ1) is 13.0. The maximum absolute atomic E-state index is 13.2. The summed E-state index contributed by atoms with van der Waals surface area (Å²) < 4.78 is 6.95. The zero-order valence-electron chi connectivity index (χ0n) is 16.2. The summed E-state index contributed by atoms with van der Waals surface area (Å²) >= 11 is 0. The lowest BCUT2D eigenvalue weighted by atomic mass is 9.74. The van der Waals surface area contributed by atoms with Crippen LogP contribution < -0.4 is 0 Å². The number of carbonyl (C=O) groups is 2. The van der Waals surface area contributed by atoms with Gasteiger partial charge in [-0.15, -0.1) is 0 Å². The van der Waals surface area contributed by atoms with E-state index >= 15 is 0 Å². The number of nitrogens with zero attached hydrogens (tertiary/aromatic N) is 3. The van der Waals surface area contributed by atoms with Crippen molar-refractivity contribution in [2.75, 3.05) is 27.2 Å². The Labute approximate surface area is 160 Å². The first-order valence-electron chi connectivity index (χ1n) is 9.34. The largest absolute Gasteiger partial charge is 0.469 e. The molecule has 6 heteroatoms. The number of hydrogen-bond donors (Lipinski definition) is 0. The van der Waals surface area contributed by atoms with Gasteiger partial charge in [0.25, 0.3) is 0 Å². The van der Waals surface area contributed by atoms with Gasteiger partial charge in [0.15, 0.2) is 5.78 Å². The van der Waals surface area contributed by atoms with Crippen molar-refractivity contribution in [3.05, 3.63) is 54.1 Å². The monoisotopic (exact) mass is 369 g/mol. The first kappa shape index (κ1) is 19.3. The topological polar surface area (TPSA) is 64.4 Å². The van der Waals surface area contributed by atoms with Gasteiger partial charge < -0.3 is 14.2 Å². The van der Waals surface area contributed by atoms with Gasteiger partial charge in [0.2, 0.25) is 0 Å². The maximum Gasteiger partial charge on any atom is 0.312 e. The highest BCUT2D eigenvalue weighted by Crippen LogP contribution is 2.37. The van der Waals surface area contributed by atoms with Crippen molar-refractivity contribution >= 4 is 11.8 Å². The van der Waals surface area contributed by atoms with Gasteiger partial charge in [-0.2, -0.15) is 0 Å². The molecular weight excluding hydrogens is 342 g/mol. The molecule has 0 spiro atoms. The minimum absolute atomic E-state index is 0.0146. The minimum Gasteiger partial charge on any atom is -0.469 e. The van der Waals surface area contributed by atoms with Gasteiger partial charge in [0, 0.05) is 6.42 Å². The molecule has 2 heterocycles. The van der Waals surface area contributed by atoms with E-state index in [9.17, 15) is 9.59 Å². The van der Waals surface area contributed by atoms with Crippen molar-refractivity contribution in [1.82, 2.24) is 14.5 Å². The van der Waals surface area contributed by atoms with Crippen molar-refractivity contribution < 1.29 is 14.3 Å². The molecule has 0 saturated carbocycles. The highest BCUT2D eigenvalue weighted by atomic mass is 16.5. The number of likely N-dealkylation sites (tertiary alicyclic amines) is 1. The fourth-order valence-electron chi connectivity index (χ4n) is 3.84. The van der Waals surface area contributed by atoms with E-state index in [1.165, 1.54) is 7.11 Å².